The van der Waals surface area contributed by atoms with Crippen molar-refractivity contribution in [2.24, 2.45) is 0 Å². The topological polar surface area (TPSA) is 75.7 Å². The molecule has 0 aromatic carbocycles. The van der Waals surface area contributed by atoms with E-state index >= 15 is 0 Å². The molecule has 3 aromatic heterocycles. The molecule has 0 bridgehead atoms. The summed E-state index contributed by atoms with van der Waals surface area (Å²) in [6, 6.07) is 10.3. The highest BCUT2D eigenvalue weighted by molar-refractivity contribution is 7.10. The van der Waals surface area contributed by atoms with E-state index in [1.165, 1.54) is 11.3 Å². The molecule has 0 radical (unpaired) electrons. The predicted molar refractivity (Wildman–Crippen MR) is 114 cm³/mol. The minimum atomic E-state index is -0.850. The average Bonchev–Trinajstić information content (AvgIpc) is 3.51. The maximum absolute atomic E-state index is 13.4. The fraction of sp³-hybridized carbons (Fsp3) is 0.391. The van der Waals surface area contributed by atoms with Crippen LogP contribution in [0.5, 0.6) is 0 Å². The van der Waals surface area contributed by atoms with Crippen LogP contribution in [0.25, 0.3) is 0 Å². The molecule has 2 amide bonds. The lowest BCUT2D eigenvalue weighted by Gasteiger charge is -2.30. The molecule has 30 heavy (non-hydrogen) atoms. The van der Waals surface area contributed by atoms with Gasteiger partial charge in [-0.05, 0) is 55.5 Å². The lowest BCUT2D eigenvalue weighted by Crippen LogP contribution is -2.46. The number of nitrogens with one attached hydrogen (secondary N) is 1. The second-order valence-corrected chi connectivity index (χ2v) is 8.73. The molecule has 0 aliphatic heterocycles. The van der Waals surface area contributed by atoms with Gasteiger partial charge in [0.15, 0.2) is 6.04 Å². The summed E-state index contributed by atoms with van der Waals surface area (Å²) in [5.41, 5.74) is 0. The van der Waals surface area contributed by atoms with Crippen LogP contribution in [0, 0.1) is 6.92 Å². The SMILES string of the molecule is Cc1ccc([C@@H](C(=O)NC2CCCC2)N(Cc2ccco2)C(=O)Cc2cccs2)o1. The van der Waals surface area contributed by atoms with Gasteiger partial charge in [0.05, 0.1) is 19.2 Å². The van der Waals surface area contributed by atoms with Crippen molar-refractivity contribution in [3.63, 3.8) is 0 Å². The lowest BCUT2D eigenvalue weighted by atomic mass is 10.1. The standard InChI is InChI=1S/C23H26N2O4S/c1-16-10-11-20(29-16)22(23(27)24-17-6-2-3-7-17)25(15-18-8-4-12-28-18)21(26)14-19-9-5-13-30-19/h4-5,8-13,17,22H,2-3,6-7,14-15H2,1H3,(H,24,27)/t22-/m0/s1. The van der Waals surface area contributed by atoms with E-state index in [0.29, 0.717) is 17.3 Å². The Morgan fingerprint density at radius 2 is 2.03 bits per heavy atom. The van der Waals surface area contributed by atoms with E-state index in [1.54, 1.807) is 23.3 Å². The van der Waals surface area contributed by atoms with Gasteiger partial charge in [-0.1, -0.05) is 18.9 Å². The van der Waals surface area contributed by atoms with Crippen LogP contribution in [0.2, 0.25) is 0 Å². The molecular weight excluding hydrogens is 400 g/mol. The van der Waals surface area contributed by atoms with E-state index in [9.17, 15) is 9.59 Å². The zero-order chi connectivity index (χ0) is 20.9. The summed E-state index contributed by atoms with van der Waals surface area (Å²) >= 11 is 1.53. The van der Waals surface area contributed by atoms with Gasteiger partial charge in [0, 0.05) is 10.9 Å². The summed E-state index contributed by atoms with van der Waals surface area (Å²) in [5, 5.41) is 5.08. The number of nitrogens with zero attached hydrogens (tertiary/aromatic N) is 1. The van der Waals surface area contributed by atoms with Gasteiger partial charge in [-0.3, -0.25) is 9.59 Å². The van der Waals surface area contributed by atoms with Crippen molar-refractivity contribution in [2.45, 2.75) is 57.7 Å². The molecule has 0 spiro atoms. The predicted octanol–water partition coefficient (Wildman–Crippen LogP) is 4.61. The van der Waals surface area contributed by atoms with Crippen LogP contribution in [0.4, 0.5) is 0 Å². The molecule has 3 heterocycles. The summed E-state index contributed by atoms with van der Waals surface area (Å²) in [7, 11) is 0. The average molecular weight is 427 g/mol. The Hall–Kier alpha value is -2.80. The second kappa shape index (κ2) is 9.34. The molecule has 1 fully saturated rings. The number of rotatable bonds is 8. The second-order valence-electron chi connectivity index (χ2n) is 7.70. The summed E-state index contributed by atoms with van der Waals surface area (Å²) in [6.07, 6.45) is 5.97. The van der Waals surface area contributed by atoms with E-state index in [0.717, 1.165) is 30.6 Å². The van der Waals surface area contributed by atoms with Gasteiger partial charge in [-0.15, -0.1) is 11.3 Å². The Balaban J connectivity index is 1.65. The van der Waals surface area contributed by atoms with Crippen LogP contribution in [-0.2, 0) is 22.6 Å². The Morgan fingerprint density at radius 1 is 1.20 bits per heavy atom. The van der Waals surface area contributed by atoms with Gasteiger partial charge in [-0.25, -0.2) is 0 Å². The van der Waals surface area contributed by atoms with Gasteiger partial charge < -0.3 is 19.1 Å². The maximum atomic E-state index is 13.4. The zero-order valence-corrected chi connectivity index (χ0v) is 17.8. The summed E-state index contributed by atoms with van der Waals surface area (Å²) in [5.74, 6) is 1.44. The number of aryl methyl sites for hydroxylation is 1. The lowest BCUT2D eigenvalue weighted by molar-refractivity contribution is -0.142. The molecule has 1 saturated carbocycles. The number of furan rings is 2. The zero-order valence-electron chi connectivity index (χ0n) is 17.0. The Bertz CT molecular complexity index is 955. The third-order valence-corrected chi connectivity index (χ3v) is 6.30. The highest BCUT2D eigenvalue weighted by Gasteiger charge is 2.35. The summed E-state index contributed by atoms with van der Waals surface area (Å²) in [6.45, 7) is 2.03. The number of hydrogen-bond acceptors (Lipinski definition) is 5. The van der Waals surface area contributed by atoms with Crippen LogP contribution >= 0.6 is 11.3 Å². The molecule has 1 N–H and O–H groups in total. The first-order valence-electron chi connectivity index (χ1n) is 10.3. The molecule has 1 aliphatic carbocycles. The van der Waals surface area contributed by atoms with Crippen molar-refractivity contribution < 1.29 is 18.4 Å². The third-order valence-electron chi connectivity index (χ3n) is 5.42. The molecule has 6 nitrogen and oxygen atoms in total. The molecule has 1 aliphatic rings. The van der Waals surface area contributed by atoms with Crippen LogP contribution < -0.4 is 5.32 Å². The third kappa shape index (κ3) is 4.84. The van der Waals surface area contributed by atoms with Gasteiger partial charge in [0.2, 0.25) is 5.91 Å². The Labute approximate surface area is 179 Å². The number of amides is 2. The van der Waals surface area contributed by atoms with Crippen molar-refractivity contribution in [3.05, 3.63) is 70.2 Å². The van der Waals surface area contributed by atoms with Crippen molar-refractivity contribution in [3.8, 4) is 0 Å². The highest BCUT2D eigenvalue weighted by Crippen LogP contribution is 2.28. The van der Waals surface area contributed by atoms with Gasteiger partial charge in [0.1, 0.15) is 17.3 Å². The monoisotopic (exact) mass is 426 g/mol. The van der Waals surface area contributed by atoms with Crippen molar-refractivity contribution in [2.75, 3.05) is 0 Å². The largest absolute Gasteiger partial charge is 0.467 e. The fourth-order valence-corrected chi connectivity index (χ4v) is 4.63. The first-order valence-corrected chi connectivity index (χ1v) is 11.2. The van der Waals surface area contributed by atoms with E-state index in [-0.39, 0.29) is 30.8 Å². The van der Waals surface area contributed by atoms with Gasteiger partial charge >= 0.3 is 0 Å². The van der Waals surface area contributed by atoms with Crippen LogP contribution in [0.3, 0.4) is 0 Å². The van der Waals surface area contributed by atoms with Crippen LogP contribution in [0.1, 0.15) is 53.9 Å². The van der Waals surface area contributed by atoms with Gasteiger partial charge in [-0.2, -0.15) is 0 Å². The molecule has 0 unspecified atom stereocenters. The van der Waals surface area contributed by atoms with E-state index < -0.39 is 6.04 Å². The normalized spacial score (nSPS) is 15.2. The molecule has 4 rings (SSSR count). The van der Waals surface area contributed by atoms with Gasteiger partial charge in [0.25, 0.3) is 5.91 Å². The van der Waals surface area contributed by atoms with Crippen LogP contribution in [0.15, 0.2) is 56.9 Å². The Kier molecular flexibility index (Phi) is 6.38. The molecule has 158 valence electrons. The number of thiophene rings is 1. The number of hydrogen-bond donors (Lipinski definition) is 1. The van der Waals surface area contributed by atoms with E-state index in [1.807, 2.05) is 36.6 Å². The first-order chi connectivity index (χ1) is 14.6. The number of carbonyl (C=O) groups is 2. The molecule has 1 atom stereocenters. The highest BCUT2D eigenvalue weighted by atomic mass is 32.1. The fourth-order valence-electron chi connectivity index (χ4n) is 3.93. The smallest absolute Gasteiger partial charge is 0.250 e. The van der Waals surface area contributed by atoms with Crippen LogP contribution in [-0.4, -0.2) is 22.8 Å². The summed E-state index contributed by atoms with van der Waals surface area (Å²) < 4.78 is 11.3. The molecule has 0 saturated heterocycles. The first kappa shape index (κ1) is 20.5. The minimum absolute atomic E-state index is 0.144. The molecule has 7 heteroatoms. The van der Waals surface area contributed by atoms with Crippen molar-refractivity contribution in [1.82, 2.24) is 10.2 Å². The number of carbonyl (C=O) groups excluding carboxylic acids is 2. The minimum Gasteiger partial charge on any atom is -0.467 e. The molecule has 3 aromatic rings. The van der Waals surface area contributed by atoms with Crippen molar-refractivity contribution in [1.29, 1.82) is 0 Å². The Morgan fingerprint density at radius 3 is 2.67 bits per heavy atom. The van der Waals surface area contributed by atoms with E-state index in [2.05, 4.69) is 5.32 Å². The molecular formula is C23H26N2O4S. The summed E-state index contributed by atoms with van der Waals surface area (Å²) in [4.78, 5) is 29.3. The maximum Gasteiger partial charge on any atom is 0.250 e. The van der Waals surface area contributed by atoms with Crippen molar-refractivity contribution >= 4 is 23.2 Å². The van der Waals surface area contributed by atoms with E-state index in [4.69, 9.17) is 8.83 Å². The quantitative estimate of drug-likeness (QED) is 0.571.